The number of amides is 1. The molecule has 28 heavy (non-hydrogen) atoms. The zero-order valence-electron chi connectivity index (χ0n) is 26.2. The summed E-state index contributed by atoms with van der Waals surface area (Å²) in [6.45, 7) is 4.32. The molecular formula is C20H32BN3O4. The van der Waals surface area contributed by atoms with Gasteiger partial charge in [0, 0.05) is 43.6 Å². The highest BCUT2D eigenvalue weighted by Crippen LogP contribution is 2.36. The van der Waals surface area contributed by atoms with Crippen LogP contribution < -0.4 is 5.59 Å². The lowest BCUT2D eigenvalue weighted by Crippen LogP contribution is -2.42. The van der Waals surface area contributed by atoms with Gasteiger partial charge in [0.2, 0.25) is 0 Å². The molecule has 0 radical (unpaired) electrons. The zero-order chi connectivity index (χ0) is 28.8. The topological polar surface area (TPSA) is 73.8 Å². The highest BCUT2D eigenvalue weighted by molar-refractivity contribution is 6.61. The number of likely N-dealkylation sites (tertiary alicyclic amines) is 1. The van der Waals surface area contributed by atoms with E-state index >= 15 is 0 Å². The van der Waals surface area contributed by atoms with Crippen LogP contribution in [0.2, 0.25) is 0 Å². The summed E-state index contributed by atoms with van der Waals surface area (Å²) in [4.78, 5) is 20.8. The minimum Gasteiger partial charge on any atom is -0.444 e. The van der Waals surface area contributed by atoms with Crippen molar-refractivity contribution in [2.24, 2.45) is 0 Å². The maximum atomic E-state index is 12.9. The van der Waals surface area contributed by atoms with Crippen molar-refractivity contribution in [2.75, 3.05) is 13.0 Å². The first-order chi connectivity index (χ1) is 16.3. The smallest absolute Gasteiger partial charge is 0.444 e. The number of ether oxygens (including phenoxy) is 1. The minimum absolute atomic E-state index is 0.0370. The molecule has 3 rings (SSSR count). The highest BCUT2D eigenvalue weighted by atomic mass is 16.7. The third kappa shape index (κ3) is 4.49. The van der Waals surface area contributed by atoms with Gasteiger partial charge in [0.1, 0.15) is 5.60 Å². The third-order valence-electron chi connectivity index (χ3n) is 4.57. The lowest BCUT2D eigenvalue weighted by molar-refractivity contribution is 0.00578. The van der Waals surface area contributed by atoms with Gasteiger partial charge in [0.25, 0.3) is 0 Å². The van der Waals surface area contributed by atoms with E-state index in [9.17, 15) is 4.79 Å². The van der Waals surface area contributed by atoms with Crippen molar-refractivity contribution in [3.63, 3.8) is 0 Å². The van der Waals surface area contributed by atoms with Gasteiger partial charge < -0.3 is 18.9 Å². The van der Waals surface area contributed by atoms with Crippen molar-refractivity contribution in [2.45, 2.75) is 83.9 Å². The van der Waals surface area contributed by atoms with E-state index < -0.39 is 67.3 Å². The van der Waals surface area contributed by atoms with Crippen LogP contribution in [0.4, 0.5) is 4.79 Å². The van der Waals surface area contributed by atoms with Gasteiger partial charge in [0.05, 0.1) is 22.5 Å². The zero-order valence-corrected chi connectivity index (χ0v) is 17.2. The van der Waals surface area contributed by atoms with E-state index in [2.05, 4.69) is 9.97 Å². The molecule has 2 saturated heterocycles. The molecule has 2 fully saturated rings. The van der Waals surface area contributed by atoms with Crippen molar-refractivity contribution in [3.8, 4) is 0 Å². The number of nitrogens with zero attached hydrogens (tertiary/aromatic N) is 3. The number of carbonyl (C=O) groups is 1. The molecule has 1 aromatic heterocycles. The lowest BCUT2D eigenvalue weighted by atomic mass is 9.84. The van der Waals surface area contributed by atoms with Gasteiger partial charge in [-0.2, -0.15) is 0 Å². The minimum atomic E-state index is -3.56. The van der Waals surface area contributed by atoms with Crippen molar-refractivity contribution in [1.29, 1.82) is 0 Å². The fourth-order valence-electron chi connectivity index (χ4n) is 2.39. The molecule has 0 N–H and O–H groups in total. The van der Waals surface area contributed by atoms with Gasteiger partial charge in [0.15, 0.2) is 0 Å². The molecule has 0 aliphatic carbocycles. The van der Waals surface area contributed by atoms with Crippen molar-refractivity contribution in [3.05, 3.63) is 18.1 Å². The van der Waals surface area contributed by atoms with Crippen LogP contribution in [0.25, 0.3) is 0 Å². The standard InChI is InChI=1S/C20H32BN3O4/c1-18(2,3)26-17(25)24-10-8-14(9-11-24)15-12-22-13-16(23-15)21-27-19(4,5)20(6,7)28-21/h12-14H,8-11H2,1-7H3/i8D2,9D2,10D2,11D2,14D. The van der Waals surface area contributed by atoms with E-state index in [1.54, 1.807) is 27.7 Å². The second-order valence-electron chi connectivity index (χ2n) is 8.58. The van der Waals surface area contributed by atoms with E-state index in [-0.39, 0.29) is 10.5 Å². The Bertz CT molecular complexity index is 1050. The van der Waals surface area contributed by atoms with Gasteiger partial charge in [-0.25, -0.2) is 4.79 Å². The van der Waals surface area contributed by atoms with Gasteiger partial charge in [-0.1, -0.05) is 0 Å². The molecule has 1 amide bonds. The van der Waals surface area contributed by atoms with E-state index in [1.165, 1.54) is 27.0 Å². The number of hydrogen-bond acceptors (Lipinski definition) is 6. The molecule has 7 nitrogen and oxygen atoms in total. The predicted octanol–water partition coefficient (Wildman–Crippen LogP) is 2.89. The van der Waals surface area contributed by atoms with Crippen LogP contribution in [0.15, 0.2) is 12.4 Å². The summed E-state index contributed by atoms with van der Waals surface area (Å²) >= 11 is 0. The number of rotatable bonds is 2. The largest absolute Gasteiger partial charge is 0.516 e. The summed E-state index contributed by atoms with van der Waals surface area (Å²) in [7, 11) is -1.12. The average molecular weight is 398 g/mol. The van der Waals surface area contributed by atoms with Gasteiger partial charge >= 0.3 is 13.2 Å². The van der Waals surface area contributed by atoms with Gasteiger partial charge in [-0.15, -0.1) is 0 Å². The number of hydrogen-bond donors (Lipinski definition) is 0. The van der Waals surface area contributed by atoms with Crippen molar-refractivity contribution in [1.82, 2.24) is 14.9 Å². The van der Waals surface area contributed by atoms with Crippen molar-refractivity contribution < 1.29 is 31.2 Å². The molecule has 3 heterocycles. The average Bonchev–Trinajstić information content (AvgIpc) is 2.91. The number of carbonyl (C=O) groups excluding carboxylic acids is 1. The van der Waals surface area contributed by atoms with Crippen LogP contribution in [0.3, 0.4) is 0 Å². The number of piperidine rings is 1. The molecule has 0 atom stereocenters. The van der Waals surface area contributed by atoms with Crippen LogP contribution in [0.5, 0.6) is 0 Å². The molecule has 0 unspecified atom stereocenters. The Morgan fingerprint density at radius 3 is 2.36 bits per heavy atom. The Balaban J connectivity index is 2.19. The molecule has 0 aromatic carbocycles. The second kappa shape index (κ2) is 7.30. The number of aromatic nitrogens is 2. The second-order valence-corrected chi connectivity index (χ2v) is 8.58. The molecule has 8 heteroatoms. The van der Waals surface area contributed by atoms with E-state index in [0.717, 1.165) is 6.20 Å². The molecule has 0 bridgehead atoms. The Labute approximate surface area is 180 Å². The summed E-state index contributed by atoms with van der Waals surface area (Å²) < 4.78 is 94.4. The Morgan fingerprint density at radius 2 is 1.82 bits per heavy atom. The highest BCUT2D eigenvalue weighted by Gasteiger charge is 2.52. The summed E-state index contributed by atoms with van der Waals surface area (Å²) in [6.07, 6.45) is -6.65. The maximum Gasteiger partial charge on any atom is 0.516 e. The monoisotopic (exact) mass is 398 g/mol. The fraction of sp³-hybridized carbons (Fsp3) is 0.750. The Hall–Kier alpha value is -1.67. The SMILES string of the molecule is [2H]C1([2H])N(C(=O)OC(C)(C)C)C([2H])([2H])C([2H])([2H])C([2H])(c2cncc(B3OC(C)(C)C(C)(C)O3)n2)C1([2H])[2H]. The van der Waals surface area contributed by atoms with Crippen LogP contribution in [-0.2, 0) is 14.0 Å². The first-order valence-electron chi connectivity index (χ1n) is 13.5. The molecule has 2 aliphatic rings. The summed E-state index contributed by atoms with van der Waals surface area (Å²) in [5.41, 5.74) is -3.53. The molecule has 1 aromatic rings. The van der Waals surface area contributed by atoms with Crippen LogP contribution in [0, 0.1) is 0 Å². The van der Waals surface area contributed by atoms with Gasteiger partial charge in [-0.05, 0) is 61.2 Å². The lowest BCUT2D eigenvalue weighted by Gasteiger charge is -2.33. The van der Waals surface area contributed by atoms with E-state index in [0.29, 0.717) is 0 Å². The van der Waals surface area contributed by atoms with Crippen LogP contribution in [0.1, 0.15) is 85.1 Å². The maximum absolute atomic E-state index is 12.9. The third-order valence-corrected chi connectivity index (χ3v) is 4.57. The molecular weight excluding hydrogens is 357 g/mol. The fourth-order valence-corrected chi connectivity index (χ4v) is 2.39. The van der Waals surface area contributed by atoms with Gasteiger partial charge in [-0.3, -0.25) is 9.97 Å². The summed E-state index contributed by atoms with van der Waals surface area (Å²) in [5, 5.41) is 0. The first kappa shape index (κ1) is 12.1. The molecule has 0 spiro atoms. The van der Waals surface area contributed by atoms with E-state index in [1.807, 2.05) is 0 Å². The predicted molar refractivity (Wildman–Crippen MR) is 108 cm³/mol. The Morgan fingerprint density at radius 1 is 1.25 bits per heavy atom. The molecule has 154 valence electrons. The quantitative estimate of drug-likeness (QED) is 0.714. The van der Waals surface area contributed by atoms with Crippen LogP contribution >= 0.6 is 0 Å². The van der Waals surface area contributed by atoms with E-state index in [4.69, 9.17) is 26.4 Å². The molecule has 2 aliphatic heterocycles. The summed E-state index contributed by atoms with van der Waals surface area (Å²) in [5.74, 6) is -3.34. The Kier molecular flexibility index (Phi) is 3.16. The summed E-state index contributed by atoms with van der Waals surface area (Å²) in [6, 6.07) is 0. The molecule has 0 saturated carbocycles. The first-order valence-corrected chi connectivity index (χ1v) is 8.99. The van der Waals surface area contributed by atoms with Crippen molar-refractivity contribution >= 4 is 18.8 Å². The van der Waals surface area contributed by atoms with Crippen LogP contribution in [-0.4, -0.2) is 57.9 Å². The normalized spacial score (nSPS) is 35.5.